The normalized spacial score (nSPS) is 11.1. The van der Waals surface area contributed by atoms with Crippen molar-refractivity contribution in [3.05, 3.63) is 78.9 Å². The van der Waals surface area contributed by atoms with E-state index < -0.39 is 0 Å². The molecule has 5 aromatic rings. The first-order valence-electron chi connectivity index (χ1n) is 10.1. The van der Waals surface area contributed by atoms with Crippen LogP contribution in [0.2, 0.25) is 0 Å². The minimum absolute atomic E-state index is 0.112. The van der Waals surface area contributed by atoms with Crippen molar-refractivity contribution in [1.29, 1.82) is 0 Å². The quantitative estimate of drug-likeness (QED) is 0.361. The number of hydrogen-bond acceptors (Lipinski definition) is 5. The third-order valence-electron chi connectivity index (χ3n) is 5.26. The summed E-state index contributed by atoms with van der Waals surface area (Å²) in [5.74, 6) is 0.910. The first-order valence-corrected chi connectivity index (χ1v) is 10.1. The number of nitrogens with zero attached hydrogens (tertiary/aromatic N) is 2. The van der Waals surface area contributed by atoms with Crippen LogP contribution < -0.4 is 4.74 Å². The average Bonchev–Trinajstić information content (AvgIpc) is 2.79. The molecule has 0 atom stereocenters. The van der Waals surface area contributed by atoms with Gasteiger partial charge in [-0.25, -0.2) is 9.97 Å². The van der Waals surface area contributed by atoms with Gasteiger partial charge in [-0.3, -0.25) is 0 Å². The highest BCUT2D eigenvalue weighted by Crippen LogP contribution is 2.34. The molecule has 0 bridgehead atoms. The standard InChI is InChI=1S/C26H20N2O3/c1-2-31-18-11-12-20(24(30)15-18)22-14-10-17-8-7-16-9-13-21(27-25(16)26(17)28-22)19-5-3-4-6-23(19)29/h3-15,29-30H,2H2,1H3. The van der Waals surface area contributed by atoms with Crippen LogP contribution >= 0.6 is 0 Å². The van der Waals surface area contributed by atoms with E-state index in [9.17, 15) is 10.2 Å². The topological polar surface area (TPSA) is 75.5 Å². The summed E-state index contributed by atoms with van der Waals surface area (Å²) in [6, 6.07) is 24.1. The van der Waals surface area contributed by atoms with Crippen LogP contribution in [0.25, 0.3) is 44.3 Å². The molecular weight excluding hydrogens is 388 g/mol. The van der Waals surface area contributed by atoms with Gasteiger partial charge in [0.15, 0.2) is 0 Å². The molecule has 0 saturated heterocycles. The summed E-state index contributed by atoms with van der Waals surface area (Å²) in [4.78, 5) is 9.67. The summed E-state index contributed by atoms with van der Waals surface area (Å²) in [5, 5.41) is 22.7. The lowest BCUT2D eigenvalue weighted by atomic mass is 10.0. The van der Waals surface area contributed by atoms with Gasteiger partial charge in [0, 0.05) is 28.0 Å². The maximum absolute atomic E-state index is 10.5. The van der Waals surface area contributed by atoms with Crippen molar-refractivity contribution in [1.82, 2.24) is 9.97 Å². The number of ether oxygens (including phenoxy) is 1. The Balaban J connectivity index is 1.69. The van der Waals surface area contributed by atoms with E-state index in [-0.39, 0.29) is 11.5 Å². The summed E-state index contributed by atoms with van der Waals surface area (Å²) >= 11 is 0. The molecule has 0 aliphatic heterocycles. The Hall–Kier alpha value is -4.12. The molecule has 152 valence electrons. The van der Waals surface area contributed by atoms with Crippen molar-refractivity contribution in [2.24, 2.45) is 0 Å². The van der Waals surface area contributed by atoms with Gasteiger partial charge < -0.3 is 14.9 Å². The molecule has 0 saturated carbocycles. The van der Waals surface area contributed by atoms with Crippen molar-refractivity contribution < 1.29 is 14.9 Å². The smallest absolute Gasteiger partial charge is 0.128 e. The molecule has 3 aromatic carbocycles. The zero-order valence-electron chi connectivity index (χ0n) is 16.9. The molecule has 31 heavy (non-hydrogen) atoms. The molecular formula is C26H20N2O3. The van der Waals surface area contributed by atoms with Crippen molar-refractivity contribution >= 4 is 21.8 Å². The fourth-order valence-electron chi connectivity index (χ4n) is 3.74. The van der Waals surface area contributed by atoms with Crippen LogP contribution in [0.1, 0.15) is 6.92 Å². The number of hydrogen-bond donors (Lipinski definition) is 2. The molecule has 0 aliphatic rings. The third-order valence-corrected chi connectivity index (χ3v) is 5.26. The van der Waals surface area contributed by atoms with E-state index in [1.807, 2.05) is 61.5 Å². The Kier molecular flexibility index (Phi) is 4.64. The Labute approximate surface area is 179 Å². The molecule has 2 N–H and O–H groups in total. The molecule has 0 radical (unpaired) electrons. The van der Waals surface area contributed by atoms with Gasteiger partial charge in [-0.15, -0.1) is 0 Å². The molecule has 0 spiro atoms. The maximum Gasteiger partial charge on any atom is 0.128 e. The van der Waals surface area contributed by atoms with Gasteiger partial charge >= 0.3 is 0 Å². The van der Waals surface area contributed by atoms with E-state index in [0.29, 0.717) is 34.9 Å². The number of phenols is 2. The third kappa shape index (κ3) is 3.40. The van der Waals surface area contributed by atoms with Gasteiger partial charge in [0.2, 0.25) is 0 Å². The van der Waals surface area contributed by atoms with E-state index in [4.69, 9.17) is 14.7 Å². The number of fused-ring (bicyclic) bond motifs is 3. The van der Waals surface area contributed by atoms with E-state index in [1.54, 1.807) is 24.3 Å². The lowest BCUT2D eigenvalue weighted by molar-refractivity contribution is 0.338. The zero-order chi connectivity index (χ0) is 21.4. The summed E-state index contributed by atoms with van der Waals surface area (Å²) < 4.78 is 5.46. The number of aromatic nitrogens is 2. The summed E-state index contributed by atoms with van der Waals surface area (Å²) in [5.41, 5.74) is 4.09. The van der Waals surface area contributed by atoms with Gasteiger partial charge in [0.1, 0.15) is 17.2 Å². The second-order valence-electron chi connectivity index (χ2n) is 7.23. The predicted molar refractivity (Wildman–Crippen MR) is 122 cm³/mol. The summed E-state index contributed by atoms with van der Waals surface area (Å²) in [6.45, 7) is 2.43. The molecule has 0 amide bonds. The monoisotopic (exact) mass is 408 g/mol. The number of benzene rings is 3. The second-order valence-corrected chi connectivity index (χ2v) is 7.23. The number of phenolic OH excluding ortho intramolecular Hbond substituents is 2. The minimum atomic E-state index is 0.112. The number of aromatic hydroxyl groups is 2. The fourth-order valence-corrected chi connectivity index (χ4v) is 3.74. The lowest BCUT2D eigenvalue weighted by Crippen LogP contribution is -1.93. The SMILES string of the molecule is CCOc1ccc(-c2ccc3ccc4ccc(-c5ccccc5O)nc4c3n2)c(O)c1. The Morgan fingerprint density at radius 2 is 1.26 bits per heavy atom. The minimum Gasteiger partial charge on any atom is -0.507 e. The van der Waals surface area contributed by atoms with Crippen LogP contribution in [0.4, 0.5) is 0 Å². The molecule has 2 aromatic heterocycles. The fraction of sp³-hybridized carbons (Fsp3) is 0.0769. The Morgan fingerprint density at radius 3 is 1.84 bits per heavy atom. The van der Waals surface area contributed by atoms with Crippen LogP contribution in [-0.2, 0) is 0 Å². The molecule has 5 nitrogen and oxygen atoms in total. The number of para-hydroxylation sites is 1. The number of rotatable bonds is 4. The molecule has 0 fully saturated rings. The van der Waals surface area contributed by atoms with Crippen LogP contribution in [0.15, 0.2) is 78.9 Å². The van der Waals surface area contributed by atoms with Gasteiger partial charge in [-0.05, 0) is 43.3 Å². The van der Waals surface area contributed by atoms with Crippen molar-refractivity contribution in [2.75, 3.05) is 6.61 Å². The van der Waals surface area contributed by atoms with E-state index in [1.165, 1.54) is 0 Å². The van der Waals surface area contributed by atoms with Crippen LogP contribution in [0, 0.1) is 0 Å². The molecule has 2 heterocycles. The number of pyridine rings is 2. The second kappa shape index (κ2) is 7.61. The summed E-state index contributed by atoms with van der Waals surface area (Å²) in [7, 11) is 0. The first kappa shape index (κ1) is 18.9. The van der Waals surface area contributed by atoms with Crippen LogP contribution in [0.5, 0.6) is 17.2 Å². The largest absolute Gasteiger partial charge is 0.507 e. The van der Waals surface area contributed by atoms with Crippen LogP contribution in [-0.4, -0.2) is 26.8 Å². The molecule has 0 aliphatic carbocycles. The van der Waals surface area contributed by atoms with E-state index in [0.717, 1.165) is 21.8 Å². The maximum atomic E-state index is 10.5. The Morgan fingerprint density at radius 1 is 0.677 bits per heavy atom. The van der Waals surface area contributed by atoms with Crippen LogP contribution in [0.3, 0.4) is 0 Å². The molecule has 0 unspecified atom stereocenters. The van der Waals surface area contributed by atoms with Crippen molar-refractivity contribution in [3.63, 3.8) is 0 Å². The molecule has 5 rings (SSSR count). The van der Waals surface area contributed by atoms with Gasteiger partial charge in [-0.1, -0.05) is 36.4 Å². The summed E-state index contributed by atoms with van der Waals surface area (Å²) in [6.07, 6.45) is 0. The van der Waals surface area contributed by atoms with E-state index in [2.05, 4.69) is 0 Å². The molecule has 5 heteroatoms. The van der Waals surface area contributed by atoms with Gasteiger partial charge in [0.05, 0.1) is 29.0 Å². The van der Waals surface area contributed by atoms with Crippen molar-refractivity contribution in [2.45, 2.75) is 6.92 Å². The zero-order valence-corrected chi connectivity index (χ0v) is 16.9. The highest BCUT2D eigenvalue weighted by atomic mass is 16.5. The Bertz CT molecular complexity index is 1430. The highest BCUT2D eigenvalue weighted by molar-refractivity contribution is 6.04. The first-order chi connectivity index (χ1) is 15.1. The van der Waals surface area contributed by atoms with Gasteiger partial charge in [-0.2, -0.15) is 0 Å². The predicted octanol–water partition coefficient (Wildman–Crippen LogP) is 5.93. The lowest BCUT2D eigenvalue weighted by Gasteiger charge is -2.10. The van der Waals surface area contributed by atoms with E-state index >= 15 is 0 Å². The van der Waals surface area contributed by atoms with Crippen molar-refractivity contribution in [3.8, 4) is 39.8 Å². The van der Waals surface area contributed by atoms with Gasteiger partial charge in [0.25, 0.3) is 0 Å². The average molecular weight is 408 g/mol. The highest BCUT2D eigenvalue weighted by Gasteiger charge is 2.12.